The first-order valence-electron chi connectivity index (χ1n) is 6.70. The van der Waals surface area contributed by atoms with E-state index >= 15 is 0 Å². The number of halogens is 1. The van der Waals surface area contributed by atoms with Gasteiger partial charge in [0.25, 0.3) is 0 Å². The predicted molar refractivity (Wildman–Crippen MR) is 86.4 cm³/mol. The molecule has 1 aromatic heterocycles. The Kier molecular flexibility index (Phi) is 4.80. The number of alkyl halides is 1. The molecule has 0 aliphatic carbocycles. The molecule has 1 heterocycles. The number of aryl methyl sites for hydroxylation is 1. The summed E-state index contributed by atoms with van der Waals surface area (Å²) in [5.74, 6) is 2.08. The third-order valence-electron chi connectivity index (χ3n) is 3.42. The second-order valence-electron chi connectivity index (χ2n) is 4.97. The zero-order valence-corrected chi connectivity index (χ0v) is 13.6. The molecule has 4 heteroatoms. The molecule has 0 radical (unpaired) electrons. The maximum atomic E-state index is 6.33. The number of hydrogen-bond donors (Lipinski definition) is 0. The van der Waals surface area contributed by atoms with Crippen LogP contribution in [-0.4, -0.2) is 21.6 Å². The number of thioether (sulfide) groups is 1. The van der Waals surface area contributed by atoms with Crippen molar-refractivity contribution in [2.75, 3.05) is 12.0 Å². The van der Waals surface area contributed by atoms with Crippen molar-refractivity contribution in [2.24, 2.45) is 0 Å². The molecule has 104 valence electrons. The SMILES string of the molecule is CCC(CSC)n1c(C(C)Cl)nc2ccc(C)cc21. The fourth-order valence-corrected chi connectivity index (χ4v) is 3.38. The van der Waals surface area contributed by atoms with Gasteiger partial charge >= 0.3 is 0 Å². The van der Waals surface area contributed by atoms with Crippen LogP contribution in [0, 0.1) is 6.92 Å². The average molecular weight is 297 g/mol. The van der Waals surface area contributed by atoms with Crippen molar-refractivity contribution in [1.29, 1.82) is 0 Å². The van der Waals surface area contributed by atoms with Crippen LogP contribution in [0.3, 0.4) is 0 Å². The van der Waals surface area contributed by atoms with E-state index in [-0.39, 0.29) is 5.38 Å². The molecule has 0 saturated carbocycles. The van der Waals surface area contributed by atoms with Crippen LogP contribution in [0.15, 0.2) is 18.2 Å². The maximum absolute atomic E-state index is 6.33. The highest BCUT2D eigenvalue weighted by Gasteiger charge is 2.20. The third kappa shape index (κ3) is 2.92. The van der Waals surface area contributed by atoms with E-state index in [0.29, 0.717) is 6.04 Å². The van der Waals surface area contributed by atoms with E-state index in [1.165, 1.54) is 11.1 Å². The minimum Gasteiger partial charge on any atom is -0.323 e. The second kappa shape index (κ2) is 6.19. The molecular formula is C15H21ClN2S. The highest BCUT2D eigenvalue weighted by atomic mass is 35.5. The number of imidazole rings is 1. The molecule has 2 nitrogen and oxygen atoms in total. The molecule has 2 rings (SSSR count). The number of aromatic nitrogens is 2. The summed E-state index contributed by atoms with van der Waals surface area (Å²) >= 11 is 8.20. The maximum Gasteiger partial charge on any atom is 0.127 e. The summed E-state index contributed by atoms with van der Waals surface area (Å²) < 4.78 is 2.34. The fourth-order valence-electron chi connectivity index (χ4n) is 2.45. The molecule has 0 fully saturated rings. The minimum absolute atomic E-state index is 0.0661. The van der Waals surface area contributed by atoms with E-state index in [0.717, 1.165) is 23.5 Å². The predicted octanol–water partition coefficient (Wildman–Crippen LogP) is 4.96. The van der Waals surface area contributed by atoms with E-state index in [1.807, 2.05) is 18.7 Å². The highest BCUT2D eigenvalue weighted by molar-refractivity contribution is 7.98. The normalized spacial score (nSPS) is 14.8. The van der Waals surface area contributed by atoms with Crippen LogP contribution in [0.5, 0.6) is 0 Å². The summed E-state index contributed by atoms with van der Waals surface area (Å²) in [5, 5.41) is -0.0661. The minimum atomic E-state index is -0.0661. The van der Waals surface area contributed by atoms with E-state index in [1.54, 1.807) is 0 Å². The molecule has 0 amide bonds. The lowest BCUT2D eigenvalue weighted by Crippen LogP contribution is -2.14. The average Bonchev–Trinajstić information content (AvgIpc) is 2.74. The van der Waals surface area contributed by atoms with Crippen molar-refractivity contribution in [3.05, 3.63) is 29.6 Å². The smallest absolute Gasteiger partial charge is 0.127 e. The van der Waals surface area contributed by atoms with Gasteiger partial charge in [-0.15, -0.1) is 11.6 Å². The first-order valence-corrected chi connectivity index (χ1v) is 8.53. The summed E-state index contributed by atoms with van der Waals surface area (Å²) in [5.41, 5.74) is 3.53. The number of rotatable bonds is 5. The van der Waals surface area contributed by atoms with Crippen molar-refractivity contribution in [1.82, 2.24) is 9.55 Å². The topological polar surface area (TPSA) is 17.8 Å². The Balaban J connectivity index is 2.65. The zero-order valence-electron chi connectivity index (χ0n) is 12.0. The molecule has 0 saturated heterocycles. The molecule has 2 atom stereocenters. The Hall–Kier alpha value is -0.670. The van der Waals surface area contributed by atoms with Gasteiger partial charge in [0.15, 0.2) is 0 Å². The molecule has 2 unspecified atom stereocenters. The highest BCUT2D eigenvalue weighted by Crippen LogP contribution is 2.31. The van der Waals surface area contributed by atoms with Gasteiger partial charge in [-0.3, -0.25) is 0 Å². The van der Waals surface area contributed by atoms with E-state index in [2.05, 4.69) is 42.9 Å². The van der Waals surface area contributed by atoms with Crippen LogP contribution >= 0.6 is 23.4 Å². The first-order chi connectivity index (χ1) is 9.08. The molecule has 0 aliphatic heterocycles. The lowest BCUT2D eigenvalue weighted by Gasteiger charge is -2.20. The van der Waals surface area contributed by atoms with Crippen LogP contribution in [-0.2, 0) is 0 Å². The fraction of sp³-hybridized carbons (Fsp3) is 0.533. The standard InChI is InChI=1S/C15H21ClN2S/c1-5-12(9-19-4)18-14-8-10(2)6-7-13(14)17-15(18)11(3)16/h6-8,11-12H,5,9H2,1-4H3. The van der Waals surface area contributed by atoms with E-state index in [9.17, 15) is 0 Å². The number of nitrogens with zero attached hydrogens (tertiary/aromatic N) is 2. The van der Waals surface area contributed by atoms with Crippen molar-refractivity contribution in [3.63, 3.8) is 0 Å². The van der Waals surface area contributed by atoms with Gasteiger partial charge in [0, 0.05) is 11.8 Å². The quantitative estimate of drug-likeness (QED) is 0.726. The van der Waals surface area contributed by atoms with Gasteiger partial charge in [0.05, 0.1) is 16.4 Å². The summed E-state index contributed by atoms with van der Waals surface area (Å²) in [4.78, 5) is 4.73. The van der Waals surface area contributed by atoms with Crippen LogP contribution in [0.1, 0.15) is 43.1 Å². The van der Waals surface area contributed by atoms with Crippen LogP contribution < -0.4 is 0 Å². The van der Waals surface area contributed by atoms with Gasteiger partial charge in [-0.05, 0) is 44.2 Å². The Morgan fingerprint density at radius 3 is 2.74 bits per heavy atom. The van der Waals surface area contributed by atoms with Crippen molar-refractivity contribution >= 4 is 34.4 Å². The van der Waals surface area contributed by atoms with Gasteiger partial charge in [-0.25, -0.2) is 4.98 Å². The molecule has 0 N–H and O–H groups in total. The van der Waals surface area contributed by atoms with Crippen molar-refractivity contribution < 1.29 is 0 Å². The van der Waals surface area contributed by atoms with Gasteiger partial charge in [0.1, 0.15) is 5.82 Å². The molecule has 19 heavy (non-hydrogen) atoms. The van der Waals surface area contributed by atoms with Gasteiger partial charge in [0.2, 0.25) is 0 Å². The van der Waals surface area contributed by atoms with E-state index in [4.69, 9.17) is 16.6 Å². The molecule has 2 aromatic rings. The Morgan fingerprint density at radius 2 is 2.16 bits per heavy atom. The lowest BCUT2D eigenvalue weighted by atomic mass is 10.2. The zero-order chi connectivity index (χ0) is 14.0. The van der Waals surface area contributed by atoms with Gasteiger partial charge in [-0.1, -0.05) is 13.0 Å². The van der Waals surface area contributed by atoms with Crippen LogP contribution in [0.4, 0.5) is 0 Å². The second-order valence-corrected chi connectivity index (χ2v) is 6.53. The van der Waals surface area contributed by atoms with Crippen molar-refractivity contribution in [3.8, 4) is 0 Å². The van der Waals surface area contributed by atoms with Gasteiger partial charge in [-0.2, -0.15) is 11.8 Å². The monoisotopic (exact) mass is 296 g/mol. The summed E-state index contributed by atoms with van der Waals surface area (Å²) in [6.45, 7) is 6.35. The molecule has 1 aromatic carbocycles. The summed E-state index contributed by atoms with van der Waals surface area (Å²) in [6, 6.07) is 6.87. The molecule has 0 spiro atoms. The molecule has 0 bridgehead atoms. The van der Waals surface area contributed by atoms with E-state index < -0.39 is 0 Å². The number of fused-ring (bicyclic) bond motifs is 1. The van der Waals surface area contributed by atoms with Crippen LogP contribution in [0.25, 0.3) is 11.0 Å². The van der Waals surface area contributed by atoms with Gasteiger partial charge < -0.3 is 4.57 Å². The Morgan fingerprint density at radius 1 is 1.42 bits per heavy atom. The molecule has 0 aliphatic rings. The van der Waals surface area contributed by atoms with Crippen molar-refractivity contribution in [2.45, 2.75) is 38.6 Å². The summed E-state index contributed by atoms with van der Waals surface area (Å²) in [6.07, 6.45) is 3.24. The largest absolute Gasteiger partial charge is 0.323 e. The Labute approximate surface area is 124 Å². The molecular weight excluding hydrogens is 276 g/mol. The number of hydrogen-bond acceptors (Lipinski definition) is 2. The van der Waals surface area contributed by atoms with Crippen LogP contribution in [0.2, 0.25) is 0 Å². The first kappa shape index (κ1) is 14.7. The Bertz CT molecular complexity index is 563. The summed E-state index contributed by atoms with van der Waals surface area (Å²) in [7, 11) is 0. The third-order valence-corrected chi connectivity index (χ3v) is 4.34. The lowest BCUT2D eigenvalue weighted by molar-refractivity contribution is 0.530. The number of benzene rings is 1.